The second kappa shape index (κ2) is 8.19. The van der Waals surface area contributed by atoms with Crippen molar-refractivity contribution in [1.82, 2.24) is 15.2 Å². The second-order valence-electron chi connectivity index (χ2n) is 6.06. The minimum absolute atomic E-state index is 0.452. The number of ether oxygens (including phenoxy) is 2. The van der Waals surface area contributed by atoms with E-state index in [4.69, 9.17) is 9.47 Å². The van der Waals surface area contributed by atoms with E-state index in [0.29, 0.717) is 19.0 Å². The maximum absolute atomic E-state index is 5.86. The van der Waals surface area contributed by atoms with Crippen molar-refractivity contribution in [1.29, 1.82) is 0 Å². The van der Waals surface area contributed by atoms with Crippen LogP contribution >= 0.6 is 0 Å². The summed E-state index contributed by atoms with van der Waals surface area (Å²) in [5, 5.41) is 6.82. The highest BCUT2D eigenvalue weighted by Gasteiger charge is 2.03. The van der Waals surface area contributed by atoms with Crippen molar-refractivity contribution in [2.45, 2.75) is 13.2 Å². The summed E-state index contributed by atoms with van der Waals surface area (Å²) in [6.07, 6.45) is 3.42. The Bertz CT molecular complexity index is 968. The third-order valence-electron chi connectivity index (χ3n) is 4.07. The Hall–Kier alpha value is -3.60. The number of pyridine rings is 1. The normalized spacial score (nSPS) is 10.5. The Kier molecular flexibility index (Phi) is 5.11. The van der Waals surface area contributed by atoms with Crippen LogP contribution in [-0.4, -0.2) is 15.2 Å². The quantitative estimate of drug-likeness (QED) is 0.524. The molecule has 2 aromatic carbocycles. The van der Waals surface area contributed by atoms with Gasteiger partial charge in [0, 0.05) is 6.20 Å². The molecule has 0 aliphatic carbocycles. The van der Waals surface area contributed by atoms with Gasteiger partial charge in [-0.2, -0.15) is 5.10 Å². The molecule has 1 N–H and O–H groups in total. The zero-order valence-electron chi connectivity index (χ0n) is 14.7. The zero-order chi connectivity index (χ0) is 18.3. The minimum atomic E-state index is 0.452. The molecule has 4 rings (SSSR count). The van der Waals surface area contributed by atoms with Crippen molar-refractivity contribution >= 4 is 0 Å². The average molecular weight is 357 g/mol. The van der Waals surface area contributed by atoms with Gasteiger partial charge in [0.1, 0.15) is 24.7 Å². The van der Waals surface area contributed by atoms with Gasteiger partial charge in [-0.25, -0.2) is 0 Å². The van der Waals surface area contributed by atoms with Crippen molar-refractivity contribution in [2.75, 3.05) is 0 Å². The molecule has 2 aromatic heterocycles. The molecule has 0 aliphatic rings. The van der Waals surface area contributed by atoms with Gasteiger partial charge in [0.05, 0.1) is 17.6 Å². The first-order chi connectivity index (χ1) is 13.4. The summed E-state index contributed by atoms with van der Waals surface area (Å²) in [7, 11) is 0. The molecule has 5 nitrogen and oxygen atoms in total. The molecule has 0 fully saturated rings. The number of hydrogen-bond acceptors (Lipinski definition) is 4. The summed E-state index contributed by atoms with van der Waals surface area (Å²) in [5.74, 6) is 1.54. The predicted octanol–water partition coefficient (Wildman–Crippen LogP) is 4.63. The fourth-order valence-corrected chi connectivity index (χ4v) is 2.66. The highest BCUT2D eigenvalue weighted by molar-refractivity contribution is 5.53. The molecule has 0 amide bonds. The molecule has 0 atom stereocenters. The molecule has 0 aliphatic heterocycles. The van der Waals surface area contributed by atoms with Gasteiger partial charge in [-0.1, -0.05) is 42.5 Å². The SMILES string of the molecule is c1ccc(COc2cccc(COc3ccc(-c4ccn[nH]4)nc3)c2)cc1. The van der Waals surface area contributed by atoms with Gasteiger partial charge in [-0.3, -0.25) is 10.1 Å². The Morgan fingerprint density at radius 2 is 1.56 bits per heavy atom. The second-order valence-corrected chi connectivity index (χ2v) is 6.06. The fourth-order valence-electron chi connectivity index (χ4n) is 2.66. The highest BCUT2D eigenvalue weighted by Crippen LogP contribution is 2.20. The first-order valence-corrected chi connectivity index (χ1v) is 8.71. The first-order valence-electron chi connectivity index (χ1n) is 8.71. The molecule has 0 radical (unpaired) electrons. The number of hydrogen-bond donors (Lipinski definition) is 1. The van der Waals surface area contributed by atoms with Crippen molar-refractivity contribution in [2.24, 2.45) is 0 Å². The maximum atomic E-state index is 5.86. The summed E-state index contributed by atoms with van der Waals surface area (Å²) in [6.45, 7) is 0.998. The van der Waals surface area contributed by atoms with E-state index in [1.165, 1.54) is 0 Å². The molecule has 0 spiro atoms. The molecule has 0 bridgehead atoms. The lowest BCUT2D eigenvalue weighted by molar-refractivity contribution is 0.295. The van der Waals surface area contributed by atoms with E-state index >= 15 is 0 Å². The smallest absolute Gasteiger partial charge is 0.138 e. The van der Waals surface area contributed by atoms with E-state index in [1.807, 2.05) is 72.8 Å². The van der Waals surface area contributed by atoms with Crippen molar-refractivity contribution < 1.29 is 9.47 Å². The predicted molar refractivity (Wildman–Crippen MR) is 103 cm³/mol. The molecule has 27 heavy (non-hydrogen) atoms. The monoisotopic (exact) mass is 357 g/mol. The van der Waals surface area contributed by atoms with Crippen LogP contribution in [-0.2, 0) is 13.2 Å². The van der Waals surface area contributed by atoms with Crippen LogP contribution in [0.25, 0.3) is 11.4 Å². The minimum Gasteiger partial charge on any atom is -0.489 e. The lowest BCUT2D eigenvalue weighted by Crippen LogP contribution is -1.98. The number of H-pyrrole nitrogens is 1. The number of nitrogens with zero attached hydrogens (tertiary/aromatic N) is 2. The number of rotatable bonds is 7. The lowest BCUT2D eigenvalue weighted by Gasteiger charge is -2.10. The largest absolute Gasteiger partial charge is 0.489 e. The topological polar surface area (TPSA) is 60.0 Å². The van der Waals surface area contributed by atoms with Crippen molar-refractivity contribution in [3.63, 3.8) is 0 Å². The molecule has 0 saturated carbocycles. The average Bonchev–Trinajstić information content (AvgIpc) is 3.27. The summed E-state index contributed by atoms with van der Waals surface area (Å²) in [6, 6.07) is 23.7. The van der Waals surface area contributed by atoms with Gasteiger partial charge in [-0.15, -0.1) is 0 Å². The van der Waals surface area contributed by atoms with Crippen LogP contribution in [0.2, 0.25) is 0 Å². The summed E-state index contributed by atoms with van der Waals surface area (Å²) in [4.78, 5) is 4.39. The number of aromatic nitrogens is 3. The third-order valence-corrected chi connectivity index (χ3v) is 4.07. The Morgan fingerprint density at radius 1 is 0.741 bits per heavy atom. The fraction of sp³-hybridized carbons (Fsp3) is 0.0909. The summed E-state index contributed by atoms with van der Waals surface area (Å²) >= 11 is 0. The third kappa shape index (κ3) is 4.52. The van der Waals surface area contributed by atoms with E-state index < -0.39 is 0 Å². The molecule has 0 unspecified atom stereocenters. The molecule has 2 heterocycles. The van der Waals surface area contributed by atoms with Crippen LogP contribution < -0.4 is 9.47 Å². The summed E-state index contributed by atoms with van der Waals surface area (Å²) < 4.78 is 11.7. The Labute approximate surface area is 157 Å². The number of benzene rings is 2. The van der Waals surface area contributed by atoms with E-state index in [-0.39, 0.29) is 0 Å². The van der Waals surface area contributed by atoms with E-state index in [2.05, 4.69) is 15.2 Å². The van der Waals surface area contributed by atoms with Crippen LogP contribution in [0.5, 0.6) is 11.5 Å². The van der Waals surface area contributed by atoms with Gasteiger partial charge in [-0.05, 0) is 41.5 Å². The number of aromatic amines is 1. The molecular weight excluding hydrogens is 338 g/mol. The van der Waals surface area contributed by atoms with Crippen LogP contribution in [0.15, 0.2) is 85.2 Å². The Morgan fingerprint density at radius 3 is 2.33 bits per heavy atom. The molecular formula is C22H19N3O2. The van der Waals surface area contributed by atoms with Gasteiger partial charge in [0.15, 0.2) is 0 Å². The van der Waals surface area contributed by atoms with E-state index in [0.717, 1.165) is 28.3 Å². The van der Waals surface area contributed by atoms with Gasteiger partial charge in [0.25, 0.3) is 0 Å². The van der Waals surface area contributed by atoms with Crippen LogP contribution in [0.4, 0.5) is 0 Å². The molecule has 4 aromatic rings. The number of nitrogens with one attached hydrogen (secondary N) is 1. The van der Waals surface area contributed by atoms with Crippen molar-refractivity contribution in [3.05, 3.63) is 96.3 Å². The lowest BCUT2D eigenvalue weighted by atomic mass is 10.2. The standard InChI is InChI=1S/C22H19N3O2/c1-2-5-17(6-3-1)15-26-19-8-4-7-18(13-19)16-27-20-9-10-21(23-14-20)22-11-12-24-25-22/h1-14H,15-16H2,(H,24,25). The highest BCUT2D eigenvalue weighted by atomic mass is 16.5. The maximum Gasteiger partial charge on any atom is 0.138 e. The van der Waals surface area contributed by atoms with Gasteiger partial charge >= 0.3 is 0 Å². The Balaban J connectivity index is 1.34. The summed E-state index contributed by atoms with van der Waals surface area (Å²) in [5.41, 5.74) is 3.89. The molecule has 0 saturated heterocycles. The van der Waals surface area contributed by atoms with Gasteiger partial charge in [0.2, 0.25) is 0 Å². The van der Waals surface area contributed by atoms with Crippen molar-refractivity contribution in [3.8, 4) is 22.9 Å². The molecule has 5 heteroatoms. The van der Waals surface area contributed by atoms with Gasteiger partial charge < -0.3 is 9.47 Å². The zero-order valence-corrected chi connectivity index (χ0v) is 14.7. The molecule has 134 valence electrons. The van der Waals surface area contributed by atoms with E-state index in [1.54, 1.807) is 12.4 Å². The van der Waals surface area contributed by atoms with Crippen LogP contribution in [0.3, 0.4) is 0 Å². The first kappa shape index (κ1) is 16.8. The van der Waals surface area contributed by atoms with E-state index in [9.17, 15) is 0 Å². The van der Waals surface area contributed by atoms with Crippen LogP contribution in [0.1, 0.15) is 11.1 Å². The van der Waals surface area contributed by atoms with Crippen LogP contribution in [0, 0.1) is 0 Å².